The van der Waals surface area contributed by atoms with Crippen molar-refractivity contribution in [1.82, 2.24) is 9.97 Å². The third kappa shape index (κ3) is 3.75. The van der Waals surface area contributed by atoms with Crippen LogP contribution in [0.25, 0.3) is 0 Å². The number of nitrogens with zero attached hydrogens (tertiary/aromatic N) is 3. The number of carbonyl (C=O) groups is 1. The fourth-order valence-corrected chi connectivity index (χ4v) is 2.56. The highest BCUT2D eigenvalue weighted by Gasteiger charge is 2.32. The molecule has 3 rings (SSSR count). The third-order valence-corrected chi connectivity index (χ3v) is 3.97. The van der Waals surface area contributed by atoms with Crippen molar-refractivity contribution in [2.75, 3.05) is 11.4 Å². The number of carbonyl (C=O) groups excluding carboxylic acids is 1. The van der Waals surface area contributed by atoms with Crippen LogP contribution >= 0.6 is 0 Å². The lowest BCUT2D eigenvalue weighted by atomic mass is 9.82. The molecule has 1 amide bonds. The summed E-state index contributed by atoms with van der Waals surface area (Å²) in [6, 6.07) is 9.74. The van der Waals surface area contributed by atoms with Gasteiger partial charge in [0.25, 0.3) is 0 Å². The first kappa shape index (κ1) is 15.2. The van der Waals surface area contributed by atoms with Crippen LogP contribution in [0.1, 0.15) is 37.9 Å². The van der Waals surface area contributed by atoms with E-state index in [-0.39, 0.29) is 11.3 Å². The second-order valence-electron chi connectivity index (χ2n) is 6.51. The Hall–Kier alpha value is -2.67. The molecule has 0 spiro atoms. The lowest BCUT2D eigenvalue weighted by Gasteiger charge is -2.35. The SMILES string of the molecule is CC1(C)CCN(c2cnc(C#Cc3ccccc3)cn2)C(=O)C1. The topological polar surface area (TPSA) is 46.1 Å². The average molecular weight is 305 g/mol. The zero-order chi connectivity index (χ0) is 16.3. The molecule has 116 valence electrons. The van der Waals surface area contributed by atoms with E-state index in [1.54, 1.807) is 17.3 Å². The molecule has 4 nitrogen and oxygen atoms in total. The Bertz CT molecular complexity index is 755. The van der Waals surface area contributed by atoms with Gasteiger partial charge in [-0.1, -0.05) is 38.0 Å². The van der Waals surface area contributed by atoms with Crippen molar-refractivity contribution in [3.8, 4) is 11.8 Å². The maximum absolute atomic E-state index is 12.2. The van der Waals surface area contributed by atoms with Crippen LogP contribution in [-0.2, 0) is 4.79 Å². The van der Waals surface area contributed by atoms with Crippen LogP contribution in [0.15, 0.2) is 42.7 Å². The van der Waals surface area contributed by atoms with E-state index in [1.807, 2.05) is 30.3 Å². The Balaban J connectivity index is 1.73. The average Bonchev–Trinajstić information content (AvgIpc) is 2.54. The summed E-state index contributed by atoms with van der Waals surface area (Å²) in [5.74, 6) is 6.75. The molecule has 1 saturated heterocycles. The molecule has 0 radical (unpaired) electrons. The lowest BCUT2D eigenvalue weighted by molar-refractivity contribution is -0.122. The summed E-state index contributed by atoms with van der Waals surface area (Å²) in [5, 5.41) is 0. The van der Waals surface area contributed by atoms with Gasteiger partial charge >= 0.3 is 0 Å². The summed E-state index contributed by atoms with van der Waals surface area (Å²) in [4.78, 5) is 22.6. The summed E-state index contributed by atoms with van der Waals surface area (Å²) < 4.78 is 0. The largest absolute Gasteiger partial charge is 0.296 e. The molecule has 0 N–H and O–H groups in total. The van der Waals surface area contributed by atoms with Crippen molar-refractivity contribution in [3.05, 3.63) is 54.0 Å². The molecule has 1 aliphatic heterocycles. The van der Waals surface area contributed by atoms with Crippen molar-refractivity contribution in [3.63, 3.8) is 0 Å². The summed E-state index contributed by atoms with van der Waals surface area (Å²) in [6.45, 7) is 4.93. The van der Waals surface area contributed by atoms with Gasteiger partial charge in [-0.25, -0.2) is 9.97 Å². The standard InChI is InChI=1S/C19H19N3O/c1-19(2)10-11-22(18(23)12-19)17-14-20-16(13-21-17)9-8-15-6-4-3-5-7-15/h3-7,13-14H,10-12H2,1-2H3. The van der Waals surface area contributed by atoms with E-state index >= 15 is 0 Å². The number of aromatic nitrogens is 2. The van der Waals surface area contributed by atoms with Crippen LogP contribution in [0.4, 0.5) is 5.82 Å². The molecule has 0 bridgehead atoms. The number of hydrogen-bond acceptors (Lipinski definition) is 3. The van der Waals surface area contributed by atoms with E-state index in [0.717, 1.165) is 12.0 Å². The fourth-order valence-electron chi connectivity index (χ4n) is 2.56. The second kappa shape index (κ2) is 6.21. The molecule has 0 saturated carbocycles. The van der Waals surface area contributed by atoms with E-state index in [4.69, 9.17) is 0 Å². The Morgan fingerprint density at radius 1 is 1.09 bits per heavy atom. The predicted octanol–water partition coefficient (Wildman–Crippen LogP) is 3.03. The van der Waals surface area contributed by atoms with E-state index < -0.39 is 0 Å². The van der Waals surface area contributed by atoms with Crippen LogP contribution in [0.5, 0.6) is 0 Å². The van der Waals surface area contributed by atoms with Gasteiger partial charge in [0.15, 0.2) is 5.82 Å². The van der Waals surface area contributed by atoms with Gasteiger partial charge in [0.1, 0.15) is 5.69 Å². The molecule has 1 aromatic carbocycles. The highest BCUT2D eigenvalue weighted by Crippen LogP contribution is 2.32. The van der Waals surface area contributed by atoms with Crippen LogP contribution in [0.3, 0.4) is 0 Å². The molecule has 4 heteroatoms. The summed E-state index contributed by atoms with van der Waals surface area (Å²) in [6.07, 6.45) is 4.77. The normalized spacial score (nSPS) is 16.6. The molecule has 2 heterocycles. The predicted molar refractivity (Wildman–Crippen MR) is 89.8 cm³/mol. The number of hydrogen-bond donors (Lipinski definition) is 0. The van der Waals surface area contributed by atoms with Crippen molar-refractivity contribution < 1.29 is 4.79 Å². The Morgan fingerprint density at radius 2 is 1.87 bits per heavy atom. The zero-order valence-electron chi connectivity index (χ0n) is 13.4. The monoisotopic (exact) mass is 305 g/mol. The van der Waals surface area contributed by atoms with Crippen molar-refractivity contribution >= 4 is 11.7 Å². The van der Waals surface area contributed by atoms with E-state index in [2.05, 4.69) is 35.7 Å². The molecule has 1 aliphatic rings. The first-order valence-electron chi connectivity index (χ1n) is 7.73. The van der Waals surface area contributed by atoms with Crippen molar-refractivity contribution in [2.45, 2.75) is 26.7 Å². The number of anilines is 1. The van der Waals surface area contributed by atoms with Crippen LogP contribution in [0, 0.1) is 17.3 Å². The van der Waals surface area contributed by atoms with Gasteiger partial charge in [-0.3, -0.25) is 9.69 Å². The Kier molecular flexibility index (Phi) is 4.12. The number of amides is 1. The molecule has 23 heavy (non-hydrogen) atoms. The molecular formula is C19H19N3O. The van der Waals surface area contributed by atoms with Crippen molar-refractivity contribution in [1.29, 1.82) is 0 Å². The highest BCUT2D eigenvalue weighted by atomic mass is 16.2. The van der Waals surface area contributed by atoms with Gasteiger partial charge < -0.3 is 0 Å². The van der Waals surface area contributed by atoms with Crippen LogP contribution in [0.2, 0.25) is 0 Å². The molecule has 0 atom stereocenters. The minimum Gasteiger partial charge on any atom is -0.296 e. The number of rotatable bonds is 1. The summed E-state index contributed by atoms with van der Waals surface area (Å²) in [5.41, 5.74) is 1.61. The molecule has 1 aromatic heterocycles. The molecule has 0 unspecified atom stereocenters. The molecule has 1 fully saturated rings. The first-order chi connectivity index (χ1) is 11.0. The highest BCUT2D eigenvalue weighted by molar-refractivity contribution is 5.93. The summed E-state index contributed by atoms with van der Waals surface area (Å²) in [7, 11) is 0. The van der Waals surface area contributed by atoms with Gasteiger partial charge in [-0.05, 0) is 29.9 Å². The van der Waals surface area contributed by atoms with Crippen LogP contribution in [-0.4, -0.2) is 22.4 Å². The molecular weight excluding hydrogens is 286 g/mol. The number of benzene rings is 1. The fraction of sp³-hybridized carbons (Fsp3) is 0.316. The third-order valence-electron chi connectivity index (χ3n) is 3.97. The number of piperidine rings is 1. The van der Waals surface area contributed by atoms with E-state index in [9.17, 15) is 4.79 Å². The maximum atomic E-state index is 12.2. The van der Waals surface area contributed by atoms with Gasteiger partial charge in [-0.15, -0.1) is 0 Å². The second-order valence-corrected chi connectivity index (χ2v) is 6.51. The lowest BCUT2D eigenvalue weighted by Crippen LogP contribution is -2.42. The van der Waals surface area contributed by atoms with E-state index in [0.29, 0.717) is 24.5 Å². The van der Waals surface area contributed by atoms with Crippen molar-refractivity contribution in [2.24, 2.45) is 5.41 Å². The molecule has 0 aliphatic carbocycles. The van der Waals surface area contributed by atoms with E-state index in [1.165, 1.54) is 0 Å². The smallest absolute Gasteiger partial charge is 0.228 e. The Labute approximate surface area is 136 Å². The maximum Gasteiger partial charge on any atom is 0.228 e. The van der Waals surface area contributed by atoms with Crippen LogP contribution < -0.4 is 4.90 Å². The quantitative estimate of drug-likeness (QED) is 0.761. The van der Waals surface area contributed by atoms with Gasteiger partial charge in [0, 0.05) is 18.5 Å². The van der Waals surface area contributed by atoms with Gasteiger partial charge in [0.2, 0.25) is 5.91 Å². The first-order valence-corrected chi connectivity index (χ1v) is 7.73. The minimum absolute atomic E-state index is 0.0715. The van der Waals surface area contributed by atoms with Gasteiger partial charge in [0.05, 0.1) is 12.4 Å². The Morgan fingerprint density at radius 3 is 2.52 bits per heavy atom. The summed E-state index contributed by atoms with van der Waals surface area (Å²) >= 11 is 0. The zero-order valence-corrected chi connectivity index (χ0v) is 13.4. The van der Waals surface area contributed by atoms with Gasteiger partial charge in [-0.2, -0.15) is 0 Å². The minimum atomic E-state index is 0.0715. The molecule has 2 aromatic rings.